The van der Waals surface area contributed by atoms with Gasteiger partial charge in [-0.1, -0.05) is 49.2 Å². The van der Waals surface area contributed by atoms with E-state index in [0.717, 1.165) is 22.6 Å². The van der Waals surface area contributed by atoms with Crippen molar-refractivity contribution in [2.45, 2.75) is 57.9 Å². The molecule has 6 nitrogen and oxygen atoms in total. The molecule has 0 saturated carbocycles. The molecule has 2 aromatic rings. The number of benzene rings is 1. The van der Waals surface area contributed by atoms with E-state index in [1.54, 1.807) is 6.07 Å². The molecule has 170 valence electrons. The van der Waals surface area contributed by atoms with Crippen LogP contribution in [0.15, 0.2) is 24.3 Å². The van der Waals surface area contributed by atoms with Gasteiger partial charge in [0.25, 0.3) is 0 Å². The molecule has 0 atom stereocenters. The summed E-state index contributed by atoms with van der Waals surface area (Å²) >= 11 is 12.6. The third-order valence-electron chi connectivity index (χ3n) is 6.25. The Labute approximate surface area is 199 Å². The van der Waals surface area contributed by atoms with Gasteiger partial charge in [0, 0.05) is 24.3 Å². The summed E-state index contributed by atoms with van der Waals surface area (Å²) in [6, 6.07) is 9.80. The third-order valence-corrected chi connectivity index (χ3v) is 7.11. The minimum atomic E-state index is -1.01. The van der Waals surface area contributed by atoms with Crippen LogP contribution in [0.3, 0.4) is 0 Å². The first kappa shape index (κ1) is 24.2. The standard InChI is InChI=1S/C24H28Cl2N4O2/c1-15-20(23(2,3)13-16-6-5-7-18(25)21(16)26)17(14-27)12-19(28-15)30-10-8-24(4,9-11-30)29-22(31)32/h5-7,12,29H,8-11,13H2,1-4H3,(H,31,32). The number of aryl methyl sites for hydroxylation is 1. The summed E-state index contributed by atoms with van der Waals surface area (Å²) in [7, 11) is 0. The van der Waals surface area contributed by atoms with Crippen molar-refractivity contribution in [3.05, 3.63) is 56.7 Å². The van der Waals surface area contributed by atoms with Crippen molar-refractivity contribution >= 4 is 35.1 Å². The van der Waals surface area contributed by atoms with E-state index < -0.39 is 11.6 Å². The largest absolute Gasteiger partial charge is 0.465 e. The molecule has 32 heavy (non-hydrogen) atoms. The highest BCUT2D eigenvalue weighted by Gasteiger charge is 2.33. The fraction of sp³-hybridized carbons (Fsp3) is 0.458. The molecule has 2 N–H and O–H groups in total. The van der Waals surface area contributed by atoms with Crippen LogP contribution >= 0.6 is 23.2 Å². The number of halogens is 2. The number of pyridine rings is 1. The van der Waals surface area contributed by atoms with E-state index >= 15 is 0 Å². The van der Waals surface area contributed by atoms with Crippen LogP contribution in [0, 0.1) is 18.3 Å². The smallest absolute Gasteiger partial charge is 0.405 e. The van der Waals surface area contributed by atoms with Crippen LogP contribution in [-0.2, 0) is 11.8 Å². The number of hydrogen-bond donors (Lipinski definition) is 2. The summed E-state index contributed by atoms with van der Waals surface area (Å²) in [6.45, 7) is 9.34. The minimum Gasteiger partial charge on any atom is -0.465 e. The van der Waals surface area contributed by atoms with Crippen molar-refractivity contribution in [2.75, 3.05) is 18.0 Å². The Morgan fingerprint density at radius 3 is 2.59 bits per heavy atom. The second-order valence-electron chi connectivity index (χ2n) is 9.35. The van der Waals surface area contributed by atoms with E-state index in [1.807, 2.05) is 32.0 Å². The van der Waals surface area contributed by atoms with Crippen LogP contribution in [0.5, 0.6) is 0 Å². The SMILES string of the molecule is Cc1nc(N2CCC(C)(NC(=O)O)CC2)cc(C#N)c1C(C)(C)Cc1cccc(Cl)c1Cl. The first-order valence-corrected chi connectivity index (χ1v) is 11.3. The van der Waals surface area contributed by atoms with Gasteiger partial charge >= 0.3 is 6.09 Å². The van der Waals surface area contributed by atoms with Crippen molar-refractivity contribution in [2.24, 2.45) is 0 Å². The molecule has 1 aliphatic rings. The van der Waals surface area contributed by atoms with Crippen molar-refractivity contribution in [3.63, 3.8) is 0 Å². The molecule has 0 unspecified atom stereocenters. The normalized spacial score (nSPS) is 15.8. The monoisotopic (exact) mass is 474 g/mol. The highest BCUT2D eigenvalue weighted by atomic mass is 35.5. The lowest BCUT2D eigenvalue weighted by molar-refractivity contribution is 0.173. The number of carbonyl (C=O) groups is 1. The number of nitriles is 1. The zero-order chi connectivity index (χ0) is 23.7. The predicted octanol–water partition coefficient (Wildman–Crippen LogP) is 5.72. The molecule has 0 radical (unpaired) electrons. The Balaban J connectivity index is 1.88. The molecule has 1 fully saturated rings. The van der Waals surface area contributed by atoms with E-state index in [1.165, 1.54) is 0 Å². The molecule has 1 aromatic heterocycles. The summed E-state index contributed by atoms with van der Waals surface area (Å²) in [4.78, 5) is 18.0. The van der Waals surface area contributed by atoms with Gasteiger partial charge in [-0.25, -0.2) is 9.78 Å². The molecule has 1 aromatic carbocycles. The zero-order valence-electron chi connectivity index (χ0n) is 18.8. The lowest BCUT2D eigenvalue weighted by Crippen LogP contribution is -2.53. The molecule has 2 heterocycles. The summed E-state index contributed by atoms with van der Waals surface area (Å²) in [5.41, 5.74) is 2.38. The quantitative estimate of drug-likeness (QED) is 0.578. The van der Waals surface area contributed by atoms with Crippen LogP contribution in [0.1, 0.15) is 56.0 Å². The lowest BCUT2D eigenvalue weighted by atomic mass is 9.76. The first-order valence-electron chi connectivity index (χ1n) is 10.6. The zero-order valence-corrected chi connectivity index (χ0v) is 20.3. The molecule has 3 rings (SSSR count). The van der Waals surface area contributed by atoms with Gasteiger partial charge < -0.3 is 15.3 Å². The van der Waals surface area contributed by atoms with E-state index in [-0.39, 0.29) is 5.41 Å². The van der Waals surface area contributed by atoms with Gasteiger partial charge in [-0.15, -0.1) is 0 Å². The van der Waals surface area contributed by atoms with Crippen LogP contribution in [0.25, 0.3) is 0 Å². The molecule has 8 heteroatoms. The number of rotatable bonds is 5. The fourth-order valence-electron chi connectivity index (χ4n) is 4.62. The number of aromatic nitrogens is 1. The van der Waals surface area contributed by atoms with Crippen LogP contribution in [-0.4, -0.2) is 34.8 Å². The fourth-order valence-corrected chi connectivity index (χ4v) is 5.01. The summed E-state index contributed by atoms with van der Waals surface area (Å²) in [6.07, 6.45) is 0.949. The van der Waals surface area contributed by atoms with Crippen LogP contribution in [0.2, 0.25) is 10.0 Å². The molecule has 0 spiro atoms. The first-order chi connectivity index (χ1) is 15.0. The Hall–Kier alpha value is -2.49. The summed E-state index contributed by atoms with van der Waals surface area (Å²) in [5.74, 6) is 0.747. The predicted molar refractivity (Wildman–Crippen MR) is 128 cm³/mol. The molecular weight excluding hydrogens is 447 g/mol. The summed E-state index contributed by atoms with van der Waals surface area (Å²) in [5, 5.41) is 22.7. The van der Waals surface area contributed by atoms with Crippen molar-refractivity contribution in [3.8, 4) is 6.07 Å². The Kier molecular flexibility index (Phi) is 6.92. The Morgan fingerprint density at radius 1 is 1.34 bits per heavy atom. The molecule has 1 saturated heterocycles. The minimum absolute atomic E-state index is 0.388. The third kappa shape index (κ3) is 5.11. The van der Waals surface area contributed by atoms with Crippen molar-refractivity contribution in [1.29, 1.82) is 5.26 Å². The second kappa shape index (κ2) is 9.17. The number of carboxylic acid groups (broad SMARTS) is 1. The molecule has 0 aliphatic carbocycles. The maximum atomic E-state index is 11.1. The van der Waals surface area contributed by atoms with E-state index in [4.69, 9.17) is 33.3 Å². The molecule has 1 aliphatic heterocycles. The molecule has 1 amide bonds. The number of nitrogens with one attached hydrogen (secondary N) is 1. The lowest BCUT2D eigenvalue weighted by Gasteiger charge is -2.40. The van der Waals surface area contributed by atoms with Gasteiger partial charge in [0.05, 0.1) is 21.7 Å². The van der Waals surface area contributed by atoms with E-state index in [9.17, 15) is 10.1 Å². The Morgan fingerprint density at radius 2 is 2.00 bits per heavy atom. The van der Waals surface area contributed by atoms with Gasteiger partial charge in [-0.2, -0.15) is 5.26 Å². The highest BCUT2D eigenvalue weighted by Crippen LogP contribution is 2.37. The highest BCUT2D eigenvalue weighted by molar-refractivity contribution is 6.42. The second-order valence-corrected chi connectivity index (χ2v) is 10.1. The number of nitrogens with zero attached hydrogens (tertiary/aromatic N) is 3. The Bertz CT molecular complexity index is 1070. The average Bonchev–Trinajstić information content (AvgIpc) is 2.70. The molecule has 0 bridgehead atoms. The van der Waals surface area contributed by atoms with Crippen molar-refractivity contribution in [1.82, 2.24) is 10.3 Å². The maximum absolute atomic E-state index is 11.1. The number of hydrogen-bond acceptors (Lipinski definition) is 4. The van der Waals surface area contributed by atoms with Gasteiger partial charge in [0.15, 0.2) is 0 Å². The number of piperidine rings is 1. The summed E-state index contributed by atoms with van der Waals surface area (Å²) < 4.78 is 0. The van der Waals surface area contributed by atoms with Gasteiger partial charge in [-0.05, 0) is 61.8 Å². The van der Waals surface area contributed by atoms with Crippen LogP contribution < -0.4 is 10.2 Å². The average molecular weight is 475 g/mol. The van der Waals surface area contributed by atoms with E-state index in [2.05, 4.69) is 30.1 Å². The number of amides is 1. The maximum Gasteiger partial charge on any atom is 0.405 e. The van der Waals surface area contributed by atoms with Crippen LogP contribution in [0.4, 0.5) is 10.6 Å². The van der Waals surface area contributed by atoms with E-state index in [0.29, 0.717) is 48.0 Å². The van der Waals surface area contributed by atoms with Gasteiger partial charge in [-0.3, -0.25) is 0 Å². The topological polar surface area (TPSA) is 89.2 Å². The van der Waals surface area contributed by atoms with Gasteiger partial charge in [0.2, 0.25) is 0 Å². The molecular formula is C24H28Cl2N4O2. The van der Waals surface area contributed by atoms with Crippen molar-refractivity contribution < 1.29 is 9.90 Å². The van der Waals surface area contributed by atoms with Gasteiger partial charge in [0.1, 0.15) is 5.82 Å². The number of anilines is 1.